The number of methoxy groups -OCH3 is 2. The predicted molar refractivity (Wildman–Crippen MR) is 95.7 cm³/mol. The van der Waals surface area contributed by atoms with Gasteiger partial charge in [0.15, 0.2) is 0 Å². The first-order chi connectivity index (χ1) is 11.0. The molecule has 23 heavy (non-hydrogen) atoms. The Kier molecular flexibility index (Phi) is 5.59. The summed E-state index contributed by atoms with van der Waals surface area (Å²) in [5, 5.41) is 0. The summed E-state index contributed by atoms with van der Waals surface area (Å²) >= 11 is 2.23. The normalized spacial score (nSPS) is 13.8. The molecule has 1 aliphatic heterocycles. The Bertz CT molecular complexity index is 734. The zero-order valence-electron chi connectivity index (χ0n) is 13.0. The van der Waals surface area contributed by atoms with Crippen LogP contribution in [-0.4, -0.2) is 26.2 Å². The first kappa shape index (κ1) is 17.3. The van der Waals surface area contributed by atoms with Crippen LogP contribution >= 0.6 is 22.6 Å². The van der Waals surface area contributed by atoms with Gasteiger partial charge in [-0.1, -0.05) is 12.1 Å². The second-order valence-corrected chi connectivity index (χ2v) is 5.91. The smallest absolute Gasteiger partial charge is 0.355 e. The van der Waals surface area contributed by atoms with Gasteiger partial charge in [0.1, 0.15) is 5.70 Å². The molecule has 0 unspecified atom stereocenters. The summed E-state index contributed by atoms with van der Waals surface area (Å²) in [7, 11) is 2.55. The molecule has 0 amide bonds. The number of ether oxygens (including phenoxy) is 2. The molecule has 0 spiro atoms. The molecule has 6 heteroatoms. The van der Waals surface area contributed by atoms with E-state index in [0.29, 0.717) is 0 Å². The Morgan fingerprint density at radius 2 is 1.78 bits per heavy atom. The first-order valence-corrected chi connectivity index (χ1v) is 7.88. The molecule has 0 radical (unpaired) electrons. The van der Waals surface area contributed by atoms with Crippen LogP contribution in [0.3, 0.4) is 0 Å². The molecule has 120 valence electrons. The average molecular weight is 425 g/mol. The zero-order chi connectivity index (χ0) is 17.0. The van der Waals surface area contributed by atoms with Crippen LogP contribution in [0.2, 0.25) is 0 Å². The number of esters is 2. The second-order valence-electron chi connectivity index (χ2n) is 4.75. The number of halogens is 1. The molecule has 0 saturated carbocycles. The maximum atomic E-state index is 12.3. The third-order valence-corrected chi connectivity index (χ3v) is 4.48. The zero-order valence-corrected chi connectivity index (χ0v) is 15.2. The summed E-state index contributed by atoms with van der Waals surface area (Å²) in [5.41, 5.74) is 2.13. The molecule has 0 N–H and O–H groups in total. The lowest BCUT2D eigenvalue weighted by atomic mass is 10.1. The monoisotopic (exact) mass is 425 g/mol. The van der Waals surface area contributed by atoms with Gasteiger partial charge in [0.2, 0.25) is 0 Å². The van der Waals surface area contributed by atoms with Crippen LogP contribution < -0.4 is 4.90 Å². The summed E-state index contributed by atoms with van der Waals surface area (Å²) in [6, 6.07) is 5.77. The summed E-state index contributed by atoms with van der Waals surface area (Å²) in [4.78, 5) is 26.0. The Morgan fingerprint density at radius 3 is 2.39 bits per heavy atom. The lowest BCUT2D eigenvalue weighted by Gasteiger charge is -2.23. The standard InChI is InChI=1S/C17H16INO4/c1-11-7-8-12(10-14(11)18)19-9-5-4-6-13(16(20)22-2)15(19)17(21)23-3/h4-10H,1-3H3. The van der Waals surface area contributed by atoms with Crippen LogP contribution in [0.1, 0.15) is 5.56 Å². The largest absolute Gasteiger partial charge is 0.465 e. The van der Waals surface area contributed by atoms with Gasteiger partial charge in [-0.25, -0.2) is 9.59 Å². The number of nitrogens with zero attached hydrogens (tertiary/aromatic N) is 1. The molecule has 5 nitrogen and oxygen atoms in total. The minimum absolute atomic E-state index is 0.115. The molecule has 2 rings (SSSR count). The highest BCUT2D eigenvalue weighted by Crippen LogP contribution is 2.28. The van der Waals surface area contributed by atoms with Gasteiger partial charge in [0.25, 0.3) is 0 Å². The molecule has 0 aliphatic carbocycles. The highest BCUT2D eigenvalue weighted by atomic mass is 127. The Morgan fingerprint density at radius 1 is 1.09 bits per heavy atom. The van der Waals surface area contributed by atoms with Crippen molar-refractivity contribution in [1.82, 2.24) is 0 Å². The topological polar surface area (TPSA) is 55.8 Å². The highest BCUT2D eigenvalue weighted by Gasteiger charge is 2.27. The minimum atomic E-state index is -0.614. The van der Waals surface area contributed by atoms with E-state index in [1.54, 1.807) is 23.3 Å². The van der Waals surface area contributed by atoms with Crippen LogP contribution in [0, 0.1) is 10.5 Å². The van der Waals surface area contributed by atoms with Gasteiger partial charge in [-0.05, 0) is 59.4 Å². The van der Waals surface area contributed by atoms with E-state index in [1.165, 1.54) is 20.3 Å². The fourth-order valence-corrected chi connectivity index (χ4v) is 2.60. The lowest BCUT2D eigenvalue weighted by molar-refractivity contribution is -0.139. The number of allylic oxidation sites excluding steroid dienone is 2. The van der Waals surface area contributed by atoms with Gasteiger partial charge in [0.05, 0.1) is 19.8 Å². The van der Waals surface area contributed by atoms with Crippen molar-refractivity contribution >= 4 is 40.2 Å². The molecule has 1 heterocycles. The van der Waals surface area contributed by atoms with Crippen LogP contribution in [0.25, 0.3) is 0 Å². The number of hydrogen-bond acceptors (Lipinski definition) is 5. The number of carbonyl (C=O) groups excluding carboxylic acids is 2. The Hall–Kier alpha value is -2.09. The summed E-state index contributed by atoms with van der Waals surface area (Å²) in [6.45, 7) is 2.00. The fourth-order valence-electron chi connectivity index (χ4n) is 2.10. The molecule has 1 aliphatic rings. The molecule has 0 aromatic heterocycles. The van der Waals surface area contributed by atoms with E-state index in [2.05, 4.69) is 22.6 Å². The average Bonchev–Trinajstić information content (AvgIpc) is 2.78. The van der Waals surface area contributed by atoms with E-state index in [4.69, 9.17) is 9.47 Å². The number of carbonyl (C=O) groups is 2. The minimum Gasteiger partial charge on any atom is -0.465 e. The van der Waals surface area contributed by atoms with E-state index in [1.807, 2.05) is 25.1 Å². The fraction of sp³-hybridized carbons (Fsp3) is 0.176. The van der Waals surface area contributed by atoms with Gasteiger partial charge in [-0.3, -0.25) is 0 Å². The maximum Gasteiger partial charge on any atom is 0.355 e. The van der Waals surface area contributed by atoms with E-state index in [-0.39, 0.29) is 11.3 Å². The maximum absolute atomic E-state index is 12.3. The van der Waals surface area contributed by atoms with Crippen molar-refractivity contribution in [1.29, 1.82) is 0 Å². The Balaban J connectivity index is 2.65. The number of anilines is 1. The first-order valence-electron chi connectivity index (χ1n) is 6.80. The number of benzene rings is 1. The molecule has 0 atom stereocenters. The molecule has 0 fully saturated rings. The molecular formula is C17H16INO4. The molecule has 1 aromatic rings. The number of rotatable bonds is 3. The molecule has 0 bridgehead atoms. The van der Waals surface area contributed by atoms with Crippen molar-refractivity contribution in [3.63, 3.8) is 0 Å². The van der Waals surface area contributed by atoms with Crippen molar-refractivity contribution in [3.8, 4) is 0 Å². The third kappa shape index (κ3) is 3.64. The van der Waals surface area contributed by atoms with Gasteiger partial charge < -0.3 is 14.4 Å². The van der Waals surface area contributed by atoms with Gasteiger partial charge >= 0.3 is 11.9 Å². The van der Waals surface area contributed by atoms with Crippen LogP contribution in [0.4, 0.5) is 5.69 Å². The van der Waals surface area contributed by atoms with Gasteiger partial charge in [-0.15, -0.1) is 0 Å². The van der Waals surface area contributed by atoms with E-state index in [9.17, 15) is 9.59 Å². The lowest BCUT2D eigenvalue weighted by Crippen LogP contribution is -2.27. The van der Waals surface area contributed by atoms with Crippen molar-refractivity contribution in [3.05, 3.63) is 63.0 Å². The van der Waals surface area contributed by atoms with Crippen LogP contribution in [0.5, 0.6) is 0 Å². The summed E-state index contributed by atoms with van der Waals surface area (Å²) in [6.07, 6.45) is 6.66. The van der Waals surface area contributed by atoms with E-state index >= 15 is 0 Å². The van der Waals surface area contributed by atoms with E-state index in [0.717, 1.165) is 14.8 Å². The Labute approximate surface area is 148 Å². The number of aryl methyl sites for hydroxylation is 1. The summed E-state index contributed by atoms with van der Waals surface area (Å²) < 4.78 is 10.7. The number of hydrogen-bond donors (Lipinski definition) is 0. The predicted octanol–water partition coefficient (Wildman–Crippen LogP) is 3.09. The van der Waals surface area contributed by atoms with Gasteiger partial charge in [-0.2, -0.15) is 0 Å². The SMILES string of the molecule is COC(=O)C1=C(C(=O)OC)N(c2ccc(C)c(I)c2)C=CC=C1. The van der Waals surface area contributed by atoms with Crippen molar-refractivity contribution in [2.45, 2.75) is 6.92 Å². The highest BCUT2D eigenvalue weighted by molar-refractivity contribution is 14.1. The van der Waals surface area contributed by atoms with Gasteiger partial charge in [0, 0.05) is 15.5 Å². The molecule has 0 saturated heterocycles. The van der Waals surface area contributed by atoms with Crippen LogP contribution in [0.15, 0.2) is 53.9 Å². The van der Waals surface area contributed by atoms with Crippen molar-refractivity contribution < 1.29 is 19.1 Å². The molecule has 1 aromatic carbocycles. The van der Waals surface area contributed by atoms with Crippen molar-refractivity contribution in [2.24, 2.45) is 0 Å². The van der Waals surface area contributed by atoms with Crippen molar-refractivity contribution in [2.75, 3.05) is 19.1 Å². The van der Waals surface area contributed by atoms with Crippen LogP contribution in [-0.2, 0) is 19.1 Å². The third-order valence-electron chi connectivity index (χ3n) is 3.32. The summed E-state index contributed by atoms with van der Waals surface area (Å²) in [5.74, 6) is -1.21. The molecular weight excluding hydrogens is 409 g/mol. The second kappa shape index (κ2) is 7.45. The quantitative estimate of drug-likeness (QED) is 0.551. The van der Waals surface area contributed by atoms with E-state index < -0.39 is 11.9 Å².